The van der Waals surface area contributed by atoms with Crippen LogP contribution in [0.2, 0.25) is 0 Å². The minimum absolute atomic E-state index is 0.00801. The van der Waals surface area contributed by atoms with Gasteiger partial charge in [0.05, 0.1) is 20.3 Å². The molecule has 0 spiro atoms. The number of ether oxygens (including phenoxy) is 2. The summed E-state index contributed by atoms with van der Waals surface area (Å²) in [6.07, 6.45) is 6.36. The van der Waals surface area contributed by atoms with Gasteiger partial charge in [0.25, 0.3) is 0 Å². The molecule has 4 heteroatoms. The molecule has 2 fully saturated rings. The highest BCUT2D eigenvalue weighted by Crippen LogP contribution is 2.63. The molecular weight excluding hydrogens is 340 g/mol. The van der Waals surface area contributed by atoms with E-state index in [0.29, 0.717) is 30.1 Å². The maximum atomic E-state index is 11.7. The fraction of sp³-hybridized carbons (Fsp3) is 0.696. The Kier molecular flexibility index (Phi) is 4.96. The summed E-state index contributed by atoms with van der Waals surface area (Å²) >= 11 is 0. The molecule has 1 aromatic carbocycles. The molecule has 4 nitrogen and oxygen atoms in total. The van der Waals surface area contributed by atoms with Crippen LogP contribution in [-0.2, 0) is 16.0 Å². The van der Waals surface area contributed by atoms with Gasteiger partial charge in [-0.3, -0.25) is 4.79 Å². The average Bonchev–Trinajstić information content (AvgIpc) is 2.95. The van der Waals surface area contributed by atoms with Crippen molar-refractivity contribution in [3.05, 3.63) is 29.3 Å². The lowest BCUT2D eigenvalue weighted by Gasteiger charge is -2.51. The van der Waals surface area contributed by atoms with E-state index in [9.17, 15) is 9.90 Å². The molecular formula is C23H32O4. The third kappa shape index (κ3) is 3.06. The molecule has 1 N–H and O–H groups in total. The van der Waals surface area contributed by atoms with E-state index in [1.165, 1.54) is 24.7 Å². The number of fused-ring (bicyclic) bond motifs is 5. The summed E-state index contributed by atoms with van der Waals surface area (Å²) in [5.74, 6) is 2.89. The van der Waals surface area contributed by atoms with Crippen LogP contribution in [0.25, 0.3) is 0 Å². The fourth-order valence-electron chi connectivity index (χ4n) is 6.65. The van der Waals surface area contributed by atoms with Gasteiger partial charge in [-0.15, -0.1) is 0 Å². The van der Waals surface area contributed by atoms with Crippen molar-refractivity contribution < 1.29 is 19.4 Å². The molecule has 0 bridgehead atoms. The Hall–Kier alpha value is -1.55. The zero-order chi connectivity index (χ0) is 19.2. The first-order chi connectivity index (χ1) is 13.0. The van der Waals surface area contributed by atoms with E-state index in [0.717, 1.165) is 37.9 Å². The molecule has 1 aromatic rings. The molecule has 3 aliphatic rings. The summed E-state index contributed by atoms with van der Waals surface area (Å²) in [4.78, 5) is 11.7. The van der Waals surface area contributed by atoms with Crippen LogP contribution in [-0.4, -0.2) is 31.4 Å². The van der Waals surface area contributed by atoms with Gasteiger partial charge in [-0.2, -0.15) is 0 Å². The molecule has 6 atom stereocenters. The number of hydrogen-bond acceptors (Lipinski definition) is 4. The third-order valence-corrected chi connectivity index (χ3v) is 7.97. The highest BCUT2D eigenvalue weighted by molar-refractivity contribution is 5.69. The molecule has 0 radical (unpaired) electrons. The molecule has 0 saturated heterocycles. The molecule has 3 unspecified atom stereocenters. The lowest BCUT2D eigenvalue weighted by Crippen LogP contribution is -2.45. The average molecular weight is 373 g/mol. The Bertz CT molecular complexity index is 714. The van der Waals surface area contributed by atoms with Gasteiger partial charge in [0.2, 0.25) is 0 Å². The number of aryl methyl sites for hydroxylation is 1. The SMILES string of the molecule is COC(=O)CC[C@@H]1C[C@H](O)[C@@]2(C)CCC3c4ccc(OC)cc4CCC3C12. The van der Waals surface area contributed by atoms with E-state index < -0.39 is 0 Å². The summed E-state index contributed by atoms with van der Waals surface area (Å²) < 4.78 is 10.3. The van der Waals surface area contributed by atoms with Crippen molar-refractivity contribution in [3.8, 4) is 5.75 Å². The minimum atomic E-state index is -0.247. The first-order valence-corrected chi connectivity index (χ1v) is 10.4. The van der Waals surface area contributed by atoms with Crippen molar-refractivity contribution in [1.82, 2.24) is 0 Å². The van der Waals surface area contributed by atoms with E-state index >= 15 is 0 Å². The van der Waals surface area contributed by atoms with Gasteiger partial charge in [0.15, 0.2) is 0 Å². The number of rotatable bonds is 4. The summed E-state index contributed by atoms with van der Waals surface area (Å²) in [5.41, 5.74) is 2.91. The first kappa shape index (κ1) is 18.8. The van der Waals surface area contributed by atoms with E-state index in [-0.39, 0.29) is 17.5 Å². The van der Waals surface area contributed by atoms with Crippen LogP contribution >= 0.6 is 0 Å². The molecule has 0 aliphatic heterocycles. The second-order valence-electron chi connectivity index (χ2n) is 9.07. The van der Waals surface area contributed by atoms with Crippen molar-refractivity contribution in [1.29, 1.82) is 0 Å². The van der Waals surface area contributed by atoms with Crippen LogP contribution < -0.4 is 4.74 Å². The van der Waals surface area contributed by atoms with Crippen LogP contribution in [0, 0.1) is 23.2 Å². The Morgan fingerprint density at radius 1 is 1.30 bits per heavy atom. The number of hydrogen-bond donors (Lipinski definition) is 1. The summed E-state index contributed by atoms with van der Waals surface area (Å²) in [6.45, 7) is 2.29. The molecule has 2 saturated carbocycles. The second-order valence-corrected chi connectivity index (χ2v) is 9.07. The monoisotopic (exact) mass is 372 g/mol. The van der Waals surface area contributed by atoms with Gasteiger partial charge in [0, 0.05) is 6.42 Å². The largest absolute Gasteiger partial charge is 0.497 e. The van der Waals surface area contributed by atoms with Gasteiger partial charge in [-0.25, -0.2) is 0 Å². The highest BCUT2D eigenvalue weighted by Gasteiger charge is 2.58. The molecule has 3 aliphatic carbocycles. The van der Waals surface area contributed by atoms with Gasteiger partial charge in [0.1, 0.15) is 5.75 Å². The normalized spacial score (nSPS) is 37.1. The van der Waals surface area contributed by atoms with Crippen molar-refractivity contribution >= 4 is 5.97 Å². The second kappa shape index (κ2) is 7.12. The van der Waals surface area contributed by atoms with E-state index in [1.807, 2.05) is 0 Å². The van der Waals surface area contributed by atoms with Crippen molar-refractivity contribution in [3.63, 3.8) is 0 Å². The molecule has 0 amide bonds. The molecule has 148 valence electrons. The van der Waals surface area contributed by atoms with E-state index in [4.69, 9.17) is 9.47 Å². The van der Waals surface area contributed by atoms with Crippen molar-refractivity contribution in [2.24, 2.45) is 23.2 Å². The summed E-state index contributed by atoms with van der Waals surface area (Å²) in [7, 11) is 3.18. The number of aliphatic hydroxyl groups is 1. The summed E-state index contributed by atoms with van der Waals surface area (Å²) in [6, 6.07) is 6.56. The lowest BCUT2D eigenvalue weighted by molar-refractivity contribution is -0.141. The first-order valence-electron chi connectivity index (χ1n) is 10.4. The van der Waals surface area contributed by atoms with Crippen molar-refractivity contribution in [2.75, 3.05) is 14.2 Å². The Morgan fingerprint density at radius 3 is 2.85 bits per heavy atom. The quantitative estimate of drug-likeness (QED) is 0.809. The maximum absolute atomic E-state index is 11.7. The van der Waals surface area contributed by atoms with Gasteiger partial charge >= 0.3 is 5.97 Å². The molecule has 0 aromatic heterocycles. The predicted molar refractivity (Wildman–Crippen MR) is 104 cm³/mol. The van der Waals surface area contributed by atoms with Gasteiger partial charge < -0.3 is 14.6 Å². The topological polar surface area (TPSA) is 55.8 Å². The number of esters is 1. The smallest absolute Gasteiger partial charge is 0.305 e. The number of aliphatic hydroxyl groups excluding tert-OH is 1. The van der Waals surface area contributed by atoms with Crippen LogP contribution in [0.1, 0.15) is 62.5 Å². The number of carbonyl (C=O) groups excluding carboxylic acids is 1. The lowest BCUT2D eigenvalue weighted by atomic mass is 9.54. The standard InChI is InChI=1S/C23H32O4/c1-23-11-10-18-17-8-6-16(26-2)12-14(17)4-7-19(18)22(23)15(13-20(23)24)5-9-21(25)27-3/h6,8,12,15,18-20,22,24H,4-5,7,9-11,13H2,1-3H3/t15-,18?,19?,20+,22?,23-/m1/s1. The van der Waals surface area contributed by atoms with Crippen LogP contribution in [0.5, 0.6) is 5.75 Å². The minimum Gasteiger partial charge on any atom is -0.497 e. The maximum Gasteiger partial charge on any atom is 0.305 e. The Labute approximate surface area is 162 Å². The third-order valence-electron chi connectivity index (χ3n) is 7.97. The Morgan fingerprint density at radius 2 is 2.11 bits per heavy atom. The van der Waals surface area contributed by atoms with Crippen molar-refractivity contribution in [2.45, 2.75) is 63.9 Å². The fourth-order valence-corrected chi connectivity index (χ4v) is 6.65. The van der Waals surface area contributed by atoms with Crippen LogP contribution in [0.4, 0.5) is 0 Å². The number of carbonyl (C=O) groups is 1. The van der Waals surface area contributed by atoms with E-state index in [2.05, 4.69) is 25.1 Å². The van der Waals surface area contributed by atoms with Gasteiger partial charge in [-0.05, 0) is 90.9 Å². The highest BCUT2D eigenvalue weighted by atomic mass is 16.5. The predicted octanol–water partition coefficient (Wildman–Crippen LogP) is 4.09. The molecule has 0 heterocycles. The van der Waals surface area contributed by atoms with Gasteiger partial charge in [-0.1, -0.05) is 13.0 Å². The zero-order valence-electron chi connectivity index (χ0n) is 16.7. The number of methoxy groups -OCH3 is 2. The van der Waals surface area contributed by atoms with E-state index in [1.54, 1.807) is 7.11 Å². The number of benzene rings is 1. The molecule has 4 rings (SSSR count). The Balaban J connectivity index is 1.61. The molecule has 27 heavy (non-hydrogen) atoms. The van der Waals surface area contributed by atoms with Crippen LogP contribution in [0.3, 0.4) is 0 Å². The summed E-state index contributed by atoms with van der Waals surface area (Å²) in [5, 5.41) is 10.9. The zero-order valence-corrected chi connectivity index (χ0v) is 16.7. The van der Waals surface area contributed by atoms with Crippen LogP contribution in [0.15, 0.2) is 18.2 Å².